The van der Waals surface area contributed by atoms with Gasteiger partial charge in [-0.2, -0.15) is 20.6 Å². The minimum atomic E-state index is -0.170. The zero-order valence-corrected chi connectivity index (χ0v) is 16.5. The van der Waals surface area contributed by atoms with Crippen LogP contribution in [-0.4, -0.2) is 47.3 Å². The number of benzene rings is 1. The minimum absolute atomic E-state index is 0.170. The highest BCUT2D eigenvalue weighted by Crippen LogP contribution is 2.22. The summed E-state index contributed by atoms with van der Waals surface area (Å²) in [6.45, 7) is 13.7. The predicted octanol–water partition coefficient (Wildman–Crippen LogP) is 3.12. The summed E-state index contributed by atoms with van der Waals surface area (Å²) in [7, 11) is 0. The van der Waals surface area contributed by atoms with Gasteiger partial charge in [-0.15, -0.1) is 0 Å². The van der Waals surface area contributed by atoms with Gasteiger partial charge in [0, 0.05) is 39.1 Å². The van der Waals surface area contributed by atoms with Crippen molar-refractivity contribution in [2.24, 2.45) is 10.2 Å². The van der Waals surface area contributed by atoms with Crippen molar-refractivity contribution in [3.63, 3.8) is 0 Å². The number of hydrazone groups is 2. The van der Waals surface area contributed by atoms with Gasteiger partial charge >= 0.3 is 0 Å². The van der Waals surface area contributed by atoms with E-state index in [4.69, 9.17) is 5.26 Å². The van der Waals surface area contributed by atoms with Crippen LogP contribution in [0.25, 0.3) is 0 Å². The molecule has 1 aromatic heterocycles. The lowest BCUT2D eigenvalue weighted by molar-refractivity contribution is 0.0766. The van der Waals surface area contributed by atoms with E-state index in [0.717, 1.165) is 0 Å². The Labute approximate surface area is 165 Å². The highest BCUT2D eigenvalue weighted by atomic mass is 16.2. The molecule has 28 heavy (non-hydrogen) atoms. The number of amides is 1. The van der Waals surface area contributed by atoms with E-state index in [2.05, 4.69) is 33.6 Å². The summed E-state index contributed by atoms with van der Waals surface area (Å²) in [5.74, 6) is 0.350. The van der Waals surface area contributed by atoms with Crippen molar-refractivity contribution in [2.45, 2.75) is 27.2 Å². The molecule has 0 aliphatic carbocycles. The lowest BCUT2D eigenvalue weighted by Gasteiger charge is -2.23. The van der Waals surface area contributed by atoms with Crippen LogP contribution in [0.5, 0.6) is 0 Å². The van der Waals surface area contributed by atoms with Crippen LogP contribution in [0.1, 0.15) is 42.6 Å². The van der Waals surface area contributed by atoms with Crippen LogP contribution in [-0.2, 0) is 6.42 Å². The van der Waals surface area contributed by atoms with E-state index in [1.54, 1.807) is 35.2 Å². The second kappa shape index (κ2) is 11.9. The van der Waals surface area contributed by atoms with E-state index < -0.39 is 0 Å². The van der Waals surface area contributed by atoms with Gasteiger partial charge in [-0.25, -0.2) is 9.97 Å². The molecular formula is C20H25N7O. The largest absolute Gasteiger partial charge is 0.338 e. The average molecular weight is 379 g/mol. The molecule has 0 aliphatic heterocycles. The molecule has 0 saturated heterocycles. The van der Waals surface area contributed by atoms with Gasteiger partial charge in [0.15, 0.2) is 0 Å². The van der Waals surface area contributed by atoms with Crippen molar-refractivity contribution in [3.05, 3.63) is 53.6 Å². The van der Waals surface area contributed by atoms with E-state index in [9.17, 15) is 4.79 Å². The van der Waals surface area contributed by atoms with Gasteiger partial charge in [-0.1, -0.05) is 26.0 Å². The maximum Gasteiger partial charge on any atom is 0.256 e. The van der Waals surface area contributed by atoms with E-state index in [-0.39, 0.29) is 5.91 Å². The Kier molecular flexibility index (Phi) is 9.54. The number of hydrogen-bond acceptors (Lipinski definition) is 7. The topological polar surface area (TPSA) is 97.8 Å². The molecule has 1 aromatic carbocycles. The smallest absolute Gasteiger partial charge is 0.256 e. The van der Waals surface area contributed by atoms with E-state index in [1.807, 2.05) is 26.8 Å². The molecule has 146 valence electrons. The molecule has 0 saturated carbocycles. The second-order valence-electron chi connectivity index (χ2n) is 5.19. The molecule has 1 amide bonds. The SMILES string of the molecule is C=NN(N=C)c1ccccc1C(=O)N(CC)CCc1nccc(C#N)n1.CC. The van der Waals surface area contributed by atoms with Gasteiger partial charge in [0.25, 0.3) is 5.91 Å². The molecule has 0 N–H and O–H groups in total. The zero-order valence-electron chi connectivity index (χ0n) is 16.5. The number of aromatic nitrogens is 2. The summed E-state index contributed by atoms with van der Waals surface area (Å²) in [5.41, 5.74) is 1.25. The Hall–Kier alpha value is -3.60. The Morgan fingerprint density at radius 2 is 1.89 bits per heavy atom. The predicted molar refractivity (Wildman–Crippen MR) is 111 cm³/mol. The summed E-state index contributed by atoms with van der Waals surface area (Å²) in [5, 5.41) is 17.6. The standard InChI is InChI=1S/C18H19N7O.C2H6/c1-4-24(12-10-17-22-11-9-14(13-19)23-17)18(26)15-7-5-6-8-16(15)25(20-2)21-3;1-2/h5-9,11H,2-4,10,12H2,1H3;1-2H3. The van der Waals surface area contributed by atoms with Gasteiger partial charge in [-0.05, 0) is 25.1 Å². The fourth-order valence-corrected chi connectivity index (χ4v) is 2.42. The number of carbonyl (C=O) groups excluding carboxylic acids is 1. The van der Waals surface area contributed by atoms with Gasteiger partial charge < -0.3 is 4.90 Å². The van der Waals surface area contributed by atoms with E-state index in [1.165, 1.54) is 11.3 Å². The van der Waals surface area contributed by atoms with E-state index in [0.29, 0.717) is 42.3 Å². The number of likely N-dealkylation sites (N-methyl/N-ethyl adjacent to an activating group) is 1. The molecule has 8 heteroatoms. The van der Waals surface area contributed by atoms with Crippen LogP contribution in [0, 0.1) is 11.3 Å². The summed E-state index contributed by atoms with van der Waals surface area (Å²) < 4.78 is 0. The maximum absolute atomic E-state index is 13.0. The zero-order chi connectivity index (χ0) is 20.9. The number of anilines is 1. The molecule has 2 aromatic rings. The summed E-state index contributed by atoms with van der Waals surface area (Å²) in [4.78, 5) is 22.9. The number of carbonyl (C=O) groups is 1. The normalized spacial score (nSPS) is 9.36. The third-order valence-corrected chi connectivity index (χ3v) is 3.71. The number of hydrogen-bond donors (Lipinski definition) is 0. The Bertz CT molecular complexity index is 836. The highest BCUT2D eigenvalue weighted by molar-refractivity contribution is 5.99. The van der Waals surface area contributed by atoms with Crippen LogP contribution < -0.4 is 5.12 Å². The fourth-order valence-electron chi connectivity index (χ4n) is 2.42. The Morgan fingerprint density at radius 3 is 2.50 bits per heavy atom. The lowest BCUT2D eigenvalue weighted by atomic mass is 10.1. The van der Waals surface area contributed by atoms with Crippen LogP contribution in [0.2, 0.25) is 0 Å². The molecule has 0 fully saturated rings. The quantitative estimate of drug-likeness (QED) is 0.518. The first-order valence-electron chi connectivity index (χ1n) is 8.98. The molecule has 2 rings (SSSR count). The minimum Gasteiger partial charge on any atom is -0.338 e. The average Bonchev–Trinajstić information content (AvgIpc) is 2.76. The molecule has 0 aliphatic rings. The number of rotatable bonds is 8. The Balaban J connectivity index is 0.00000190. The second-order valence-corrected chi connectivity index (χ2v) is 5.19. The molecule has 0 spiro atoms. The van der Waals surface area contributed by atoms with Crippen LogP contribution in [0.3, 0.4) is 0 Å². The monoisotopic (exact) mass is 379 g/mol. The molecule has 0 radical (unpaired) electrons. The van der Waals surface area contributed by atoms with Crippen molar-refractivity contribution in [2.75, 3.05) is 18.2 Å². The molecule has 8 nitrogen and oxygen atoms in total. The molecule has 0 atom stereocenters. The van der Waals surface area contributed by atoms with Crippen molar-refractivity contribution in [1.29, 1.82) is 5.26 Å². The van der Waals surface area contributed by atoms with Crippen molar-refractivity contribution in [1.82, 2.24) is 14.9 Å². The van der Waals surface area contributed by atoms with Gasteiger partial charge in [0.05, 0.1) is 11.3 Å². The first-order chi connectivity index (χ1) is 13.6. The fraction of sp³-hybridized carbons (Fsp3) is 0.300. The van der Waals surface area contributed by atoms with Crippen LogP contribution >= 0.6 is 0 Å². The maximum atomic E-state index is 13.0. The first-order valence-corrected chi connectivity index (χ1v) is 8.98. The van der Waals surface area contributed by atoms with Crippen LogP contribution in [0.15, 0.2) is 46.7 Å². The molecular weight excluding hydrogens is 354 g/mol. The molecule has 1 heterocycles. The van der Waals surface area contributed by atoms with Gasteiger partial charge in [0.2, 0.25) is 0 Å². The first kappa shape index (κ1) is 22.4. The summed E-state index contributed by atoms with van der Waals surface area (Å²) in [6, 6.07) is 10.5. The summed E-state index contributed by atoms with van der Waals surface area (Å²) in [6.07, 6.45) is 1.98. The van der Waals surface area contributed by atoms with Gasteiger partial charge in [0.1, 0.15) is 17.6 Å². The number of nitriles is 1. The van der Waals surface area contributed by atoms with Crippen molar-refractivity contribution in [3.8, 4) is 6.07 Å². The van der Waals surface area contributed by atoms with Crippen LogP contribution in [0.4, 0.5) is 5.69 Å². The summed E-state index contributed by atoms with van der Waals surface area (Å²) >= 11 is 0. The number of nitrogens with zero attached hydrogens (tertiary/aromatic N) is 7. The highest BCUT2D eigenvalue weighted by Gasteiger charge is 2.20. The Morgan fingerprint density at radius 1 is 1.21 bits per heavy atom. The lowest BCUT2D eigenvalue weighted by Crippen LogP contribution is -2.33. The third-order valence-electron chi connectivity index (χ3n) is 3.71. The van der Waals surface area contributed by atoms with Crippen molar-refractivity contribution < 1.29 is 4.79 Å². The number of para-hydroxylation sites is 1. The van der Waals surface area contributed by atoms with Crippen molar-refractivity contribution >= 4 is 25.0 Å². The molecule has 0 bridgehead atoms. The van der Waals surface area contributed by atoms with E-state index >= 15 is 0 Å². The van der Waals surface area contributed by atoms with Gasteiger partial charge in [-0.3, -0.25) is 4.79 Å². The molecule has 0 unspecified atom stereocenters. The third kappa shape index (κ3) is 5.71.